The molecule has 0 saturated heterocycles. The Bertz CT molecular complexity index is 1420. The highest BCUT2D eigenvalue weighted by molar-refractivity contribution is 5.89. The van der Waals surface area contributed by atoms with E-state index in [9.17, 15) is 4.79 Å². The Kier molecular flexibility index (Phi) is 4.24. The van der Waals surface area contributed by atoms with Crippen LogP contribution in [0.1, 0.15) is 24.4 Å². The predicted octanol–water partition coefficient (Wildman–Crippen LogP) is 2.98. The molecule has 3 heterocycles. The van der Waals surface area contributed by atoms with Crippen LogP contribution in [0.4, 0.5) is 5.69 Å². The van der Waals surface area contributed by atoms with Gasteiger partial charge in [0.2, 0.25) is 0 Å². The summed E-state index contributed by atoms with van der Waals surface area (Å²) in [5, 5.41) is 0.426. The molecular weight excluding hydrogens is 378 g/mol. The molecule has 5 aromatic rings. The summed E-state index contributed by atoms with van der Waals surface area (Å²) in [5.74, 6) is 0.542. The number of nitrogens with zero attached hydrogens (tertiary/aromatic N) is 5. The minimum absolute atomic E-state index is 0.106. The normalized spacial score (nSPS) is 12.4. The summed E-state index contributed by atoms with van der Waals surface area (Å²) in [6.45, 7) is 2.03. The lowest BCUT2D eigenvalue weighted by Crippen LogP contribution is -2.26. The number of anilines is 1. The highest BCUT2D eigenvalue weighted by atomic mass is 16.1. The number of hydrogen-bond donors (Lipinski definition) is 2. The second-order valence-electron chi connectivity index (χ2n) is 7.21. The van der Waals surface area contributed by atoms with Crippen LogP contribution >= 0.6 is 0 Å². The Morgan fingerprint density at radius 2 is 1.90 bits per heavy atom. The van der Waals surface area contributed by atoms with Crippen LogP contribution in [-0.2, 0) is 6.42 Å². The predicted molar refractivity (Wildman–Crippen MR) is 116 cm³/mol. The van der Waals surface area contributed by atoms with Gasteiger partial charge < -0.3 is 10.7 Å². The third kappa shape index (κ3) is 2.89. The molecule has 8 nitrogen and oxygen atoms in total. The monoisotopic (exact) mass is 397 g/mol. The van der Waals surface area contributed by atoms with Gasteiger partial charge in [-0.15, -0.1) is 0 Å². The number of imidazole rings is 1. The van der Waals surface area contributed by atoms with Gasteiger partial charge in [-0.05, 0) is 24.3 Å². The lowest BCUT2D eigenvalue weighted by Gasteiger charge is -2.19. The highest BCUT2D eigenvalue weighted by Gasteiger charge is 2.21. The molecule has 0 radical (unpaired) electrons. The van der Waals surface area contributed by atoms with Crippen LogP contribution in [0.2, 0.25) is 0 Å². The standard InChI is InChI=1S/C22H19N7O/c1-13(10-17-19-20(26-11-24-17)27-12-25-19)21-28-16-9-5-8-15(23)18(16)22(30)29(21)14-6-3-2-4-7-14/h2-9,11-13H,10,23H2,1H3,(H,24,25,26,27)/t13-/m1/s1. The van der Waals surface area contributed by atoms with Gasteiger partial charge in [0, 0.05) is 18.0 Å². The topological polar surface area (TPSA) is 115 Å². The fourth-order valence-electron chi connectivity index (χ4n) is 3.78. The van der Waals surface area contributed by atoms with E-state index in [1.165, 1.54) is 6.33 Å². The Morgan fingerprint density at radius 1 is 1.07 bits per heavy atom. The van der Waals surface area contributed by atoms with Crippen LogP contribution in [0.5, 0.6) is 0 Å². The van der Waals surface area contributed by atoms with Crippen molar-refractivity contribution >= 4 is 27.8 Å². The number of aromatic amines is 1. The number of nitrogen functional groups attached to an aromatic ring is 1. The van der Waals surface area contributed by atoms with Crippen LogP contribution in [0.3, 0.4) is 0 Å². The van der Waals surface area contributed by atoms with Crippen LogP contribution < -0.4 is 11.3 Å². The van der Waals surface area contributed by atoms with Crippen molar-refractivity contribution in [3.63, 3.8) is 0 Å². The van der Waals surface area contributed by atoms with E-state index in [1.54, 1.807) is 17.0 Å². The molecule has 0 aliphatic carbocycles. The molecule has 0 fully saturated rings. The van der Waals surface area contributed by atoms with E-state index in [4.69, 9.17) is 10.7 Å². The second-order valence-corrected chi connectivity index (χ2v) is 7.21. The molecule has 3 aromatic heterocycles. The van der Waals surface area contributed by atoms with Crippen molar-refractivity contribution in [3.05, 3.63) is 83.1 Å². The number of benzene rings is 2. The summed E-state index contributed by atoms with van der Waals surface area (Å²) in [6.07, 6.45) is 3.67. The number of rotatable bonds is 4. The van der Waals surface area contributed by atoms with E-state index in [0.29, 0.717) is 34.5 Å². The van der Waals surface area contributed by atoms with Crippen molar-refractivity contribution in [1.82, 2.24) is 29.5 Å². The quantitative estimate of drug-likeness (QED) is 0.451. The van der Waals surface area contributed by atoms with Crippen molar-refractivity contribution in [2.24, 2.45) is 0 Å². The molecule has 0 unspecified atom stereocenters. The maximum absolute atomic E-state index is 13.5. The number of fused-ring (bicyclic) bond motifs is 2. The molecule has 148 valence electrons. The summed E-state index contributed by atoms with van der Waals surface area (Å²) in [7, 11) is 0. The smallest absolute Gasteiger partial charge is 0.268 e. The van der Waals surface area contributed by atoms with Crippen molar-refractivity contribution in [1.29, 1.82) is 0 Å². The SMILES string of the molecule is C[C@H](Cc1ncnc2nc[nH]c12)c1nc2cccc(N)c2c(=O)n1-c1ccccc1. The lowest BCUT2D eigenvalue weighted by atomic mass is 10.0. The minimum atomic E-state index is -0.180. The number of nitrogens with two attached hydrogens (primary N) is 1. The first-order valence-corrected chi connectivity index (χ1v) is 9.63. The van der Waals surface area contributed by atoms with Gasteiger partial charge in [-0.1, -0.05) is 31.2 Å². The zero-order valence-electron chi connectivity index (χ0n) is 16.3. The third-order valence-electron chi connectivity index (χ3n) is 5.21. The van der Waals surface area contributed by atoms with Crippen molar-refractivity contribution < 1.29 is 0 Å². The average Bonchev–Trinajstić information content (AvgIpc) is 3.24. The molecule has 5 rings (SSSR count). The van der Waals surface area contributed by atoms with E-state index in [-0.39, 0.29) is 11.5 Å². The average molecular weight is 397 g/mol. The van der Waals surface area contributed by atoms with Gasteiger partial charge in [0.25, 0.3) is 5.56 Å². The van der Waals surface area contributed by atoms with E-state index >= 15 is 0 Å². The first-order chi connectivity index (χ1) is 14.6. The first-order valence-electron chi connectivity index (χ1n) is 9.63. The molecule has 2 aromatic carbocycles. The van der Waals surface area contributed by atoms with Gasteiger partial charge in [0.05, 0.1) is 28.6 Å². The maximum Gasteiger partial charge on any atom is 0.268 e. The molecule has 0 amide bonds. The van der Waals surface area contributed by atoms with Crippen LogP contribution in [-0.4, -0.2) is 29.5 Å². The molecule has 3 N–H and O–H groups in total. The van der Waals surface area contributed by atoms with Gasteiger partial charge in [-0.3, -0.25) is 9.36 Å². The van der Waals surface area contributed by atoms with Gasteiger partial charge >= 0.3 is 0 Å². The van der Waals surface area contributed by atoms with E-state index in [1.807, 2.05) is 49.4 Å². The number of hydrogen-bond acceptors (Lipinski definition) is 6. The van der Waals surface area contributed by atoms with Crippen LogP contribution in [0, 0.1) is 0 Å². The summed E-state index contributed by atoms with van der Waals surface area (Å²) >= 11 is 0. The van der Waals surface area contributed by atoms with Crippen molar-refractivity contribution in [2.45, 2.75) is 19.3 Å². The Hall–Kier alpha value is -4.07. The maximum atomic E-state index is 13.5. The molecule has 0 bridgehead atoms. The highest BCUT2D eigenvalue weighted by Crippen LogP contribution is 2.25. The molecule has 1 atom stereocenters. The molecule has 0 spiro atoms. The van der Waals surface area contributed by atoms with Crippen LogP contribution in [0.15, 0.2) is 66.0 Å². The minimum Gasteiger partial charge on any atom is -0.398 e. The Balaban J connectivity index is 1.71. The molecule has 8 heteroatoms. The van der Waals surface area contributed by atoms with E-state index < -0.39 is 0 Å². The number of H-pyrrole nitrogens is 1. The zero-order chi connectivity index (χ0) is 20.7. The Labute approximate surface area is 171 Å². The number of nitrogens with one attached hydrogen (secondary N) is 1. The lowest BCUT2D eigenvalue weighted by molar-refractivity contribution is 0.657. The van der Waals surface area contributed by atoms with Crippen LogP contribution in [0.25, 0.3) is 27.8 Å². The van der Waals surface area contributed by atoms with E-state index in [2.05, 4.69) is 19.9 Å². The molecule has 30 heavy (non-hydrogen) atoms. The summed E-state index contributed by atoms with van der Waals surface area (Å²) in [6, 6.07) is 14.8. The molecular formula is C22H19N7O. The zero-order valence-corrected chi connectivity index (χ0v) is 16.3. The fourth-order valence-corrected chi connectivity index (χ4v) is 3.78. The van der Waals surface area contributed by atoms with Gasteiger partial charge in [-0.25, -0.2) is 19.9 Å². The van der Waals surface area contributed by atoms with Gasteiger partial charge in [0.1, 0.15) is 17.7 Å². The largest absolute Gasteiger partial charge is 0.398 e. The van der Waals surface area contributed by atoms with E-state index in [0.717, 1.165) is 16.9 Å². The summed E-state index contributed by atoms with van der Waals surface area (Å²) in [4.78, 5) is 34.2. The molecule has 0 saturated carbocycles. The summed E-state index contributed by atoms with van der Waals surface area (Å²) < 4.78 is 1.65. The van der Waals surface area contributed by atoms with Gasteiger partial charge in [-0.2, -0.15) is 0 Å². The number of aromatic nitrogens is 6. The molecule has 0 aliphatic heterocycles. The van der Waals surface area contributed by atoms with Gasteiger partial charge in [0.15, 0.2) is 5.65 Å². The second kappa shape index (κ2) is 7.07. The Morgan fingerprint density at radius 3 is 2.73 bits per heavy atom. The van der Waals surface area contributed by atoms with Crippen molar-refractivity contribution in [2.75, 3.05) is 5.73 Å². The number of para-hydroxylation sites is 1. The summed E-state index contributed by atoms with van der Waals surface area (Å²) in [5.41, 5.74) is 9.93. The molecule has 0 aliphatic rings. The van der Waals surface area contributed by atoms with Crippen molar-refractivity contribution in [3.8, 4) is 5.69 Å². The fraction of sp³-hybridized carbons (Fsp3) is 0.136. The first kappa shape index (κ1) is 18.0. The third-order valence-corrected chi connectivity index (χ3v) is 5.21.